The fourth-order valence-corrected chi connectivity index (χ4v) is 3.84. The highest BCUT2D eigenvalue weighted by molar-refractivity contribution is 7.14. The average Bonchev–Trinajstić information content (AvgIpc) is 3.32. The Morgan fingerprint density at radius 1 is 1.16 bits per heavy atom. The highest BCUT2D eigenvalue weighted by atomic mass is 32.1. The van der Waals surface area contributed by atoms with Gasteiger partial charge in [0.05, 0.1) is 0 Å². The Balaban J connectivity index is 1.67. The molecule has 2 heterocycles. The van der Waals surface area contributed by atoms with E-state index in [-0.39, 0.29) is 11.8 Å². The van der Waals surface area contributed by atoms with Gasteiger partial charge in [-0.2, -0.15) is 11.3 Å². The highest BCUT2D eigenvalue weighted by Gasteiger charge is 2.16. The number of carbonyl (C=O) groups is 2. The maximum absolute atomic E-state index is 12.6. The number of nitrogens with one attached hydrogen (secondary N) is 1. The van der Waals surface area contributed by atoms with Crippen molar-refractivity contribution in [3.63, 3.8) is 0 Å². The molecule has 0 unspecified atom stereocenters. The first-order valence-electron chi connectivity index (χ1n) is 7.63. The van der Waals surface area contributed by atoms with E-state index >= 15 is 0 Å². The van der Waals surface area contributed by atoms with Gasteiger partial charge in [0.1, 0.15) is 10.7 Å². The van der Waals surface area contributed by atoms with Crippen LogP contribution in [-0.2, 0) is 6.54 Å². The molecular formula is C18H17N3O2S2. The van der Waals surface area contributed by atoms with E-state index in [2.05, 4.69) is 10.3 Å². The summed E-state index contributed by atoms with van der Waals surface area (Å²) in [7, 11) is 3.35. The summed E-state index contributed by atoms with van der Waals surface area (Å²) in [6.07, 6.45) is 0. The number of carbonyl (C=O) groups excluding carboxylic acids is 2. The normalized spacial score (nSPS) is 10.5. The molecule has 2 aromatic heterocycles. The van der Waals surface area contributed by atoms with Crippen molar-refractivity contribution >= 4 is 34.5 Å². The van der Waals surface area contributed by atoms with E-state index < -0.39 is 0 Å². The quantitative estimate of drug-likeness (QED) is 0.747. The molecule has 2 amide bonds. The second kappa shape index (κ2) is 7.58. The molecule has 3 rings (SSSR count). The molecule has 7 heteroatoms. The van der Waals surface area contributed by atoms with Crippen LogP contribution in [0.3, 0.4) is 0 Å². The third kappa shape index (κ3) is 3.94. The first-order valence-corrected chi connectivity index (χ1v) is 9.45. The van der Waals surface area contributed by atoms with Gasteiger partial charge in [-0.1, -0.05) is 12.1 Å². The Labute approximate surface area is 154 Å². The van der Waals surface area contributed by atoms with Crippen molar-refractivity contribution in [3.8, 4) is 10.6 Å². The minimum absolute atomic E-state index is 0.117. The number of benzene rings is 1. The van der Waals surface area contributed by atoms with Crippen molar-refractivity contribution in [2.75, 3.05) is 14.1 Å². The Bertz CT molecular complexity index is 870. The molecule has 0 atom stereocenters. The number of rotatable bonds is 5. The van der Waals surface area contributed by atoms with Crippen LogP contribution in [0.5, 0.6) is 0 Å². The van der Waals surface area contributed by atoms with Crippen LogP contribution in [0.4, 0.5) is 0 Å². The molecule has 0 fully saturated rings. The van der Waals surface area contributed by atoms with Gasteiger partial charge >= 0.3 is 0 Å². The Morgan fingerprint density at radius 2 is 1.92 bits per heavy atom. The van der Waals surface area contributed by atoms with Crippen molar-refractivity contribution in [1.82, 2.24) is 15.2 Å². The van der Waals surface area contributed by atoms with Gasteiger partial charge in [-0.05, 0) is 29.1 Å². The molecule has 0 aliphatic heterocycles. The van der Waals surface area contributed by atoms with E-state index in [1.165, 1.54) is 11.3 Å². The lowest BCUT2D eigenvalue weighted by molar-refractivity contribution is 0.0779. The van der Waals surface area contributed by atoms with E-state index in [4.69, 9.17) is 0 Å². The van der Waals surface area contributed by atoms with Crippen LogP contribution < -0.4 is 5.32 Å². The van der Waals surface area contributed by atoms with Gasteiger partial charge in [-0.25, -0.2) is 4.98 Å². The number of hydrogen-bond acceptors (Lipinski definition) is 5. The molecule has 0 aliphatic rings. The summed E-state index contributed by atoms with van der Waals surface area (Å²) < 4.78 is 0. The Hall–Kier alpha value is -2.51. The Morgan fingerprint density at radius 3 is 2.56 bits per heavy atom. The van der Waals surface area contributed by atoms with Gasteiger partial charge in [-0.3, -0.25) is 9.59 Å². The van der Waals surface area contributed by atoms with E-state index in [1.807, 2.05) is 29.0 Å². The standard InChI is InChI=1S/C18H17N3O2S2/c1-19-16(22)13-5-3-12(4-6-13)9-21(2)18(23)15-11-25-17(20-15)14-7-8-24-10-14/h3-8,10-11H,9H2,1-2H3,(H,19,22). The van der Waals surface area contributed by atoms with Gasteiger partial charge < -0.3 is 10.2 Å². The first-order chi connectivity index (χ1) is 12.1. The zero-order valence-electron chi connectivity index (χ0n) is 13.9. The molecule has 128 valence electrons. The van der Waals surface area contributed by atoms with Crippen molar-refractivity contribution < 1.29 is 9.59 Å². The molecule has 0 saturated carbocycles. The zero-order chi connectivity index (χ0) is 17.8. The van der Waals surface area contributed by atoms with Crippen LogP contribution in [-0.4, -0.2) is 35.8 Å². The van der Waals surface area contributed by atoms with Crippen molar-refractivity contribution in [2.24, 2.45) is 0 Å². The molecule has 25 heavy (non-hydrogen) atoms. The van der Waals surface area contributed by atoms with Crippen LogP contribution in [0.2, 0.25) is 0 Å². The lowest BCUT2D eigenvalue weighted by Crippen LogP contribution is -2.26. The largest absolute Gasteiger partial charge is 0.355 e. The summed E-state index contributed by atoms with van der Waals surface area (Å²) in [5.41, 5.74) is 3.05. The third-order valence-electron chi connectivity index (χ3n) is 3.70. The number of amides is 2. The minimum Gasteiger partial charge on any atom is -0.355 e. The van der Waals surface area contributed by atoms with E-state index in [0.29, 0.717) is 17.8 Å². The molecule has 0 bridgehead atoms. The van der Waals surface area contributed by atoms with Gasteiger partial charge in [0.25, 0.3) is 11.8 Å². The maximum Gasteiger partial charge on any atom is 0.273 e. The average molecular weight is 371 g/mol. The number of aromatic nitrogens is 1. The number of thiazole rings is 1. The van der Waals surface area contributed by atoms with Crippen LogP contribution in [0.15, 0.2) is 46.5 Å². The first kappa shape index (κ1) is 17.3. The summed E-state index contributed by atoms with van der Waals surface area (Å²) in [6, 6.07) is 9.21. The van der Waals surface area contributed by atoms with Crippen molar-refractivity contribution in [2.45, 2.75) is 6.54 Å². The molecule has 1 N–H and O–H groups in total. The number of nitrogens with zero attached hydrogens (tertiary/aromatic N) is 2. The topological polar surface area (TPSA) is 62.3 Å². The van der Waals surface area contributed by atoms with Gasteiger partial charge in [-0.15, -0.1) is 11.3 Å². The molecule has 0 radical (unpaired) electrons. The number of hydrogen-bond donors (Lipinski definition) is 1. The second-order valence-corrected chi connectivity index (χ2v) is 7.13. The van der Waals surface area contributed by atoms with Crippen LogP contribution in [0.25, 0.3) is 10.6 Å². The highest BCUT2D eigenvalue weighted by Crippen LogP contribution is 2.26. The maximum atomic E-state index is 12.6. The van der Waals surface area contributed by atoms with Crippen molar-refractivity contribution in [1.29, 1.82) is 0 Å². The summed E-state index contributed by atoms with van der Waals surface area (Å²) in [5, 5.41) is 9.24. The van der Waals surface area contributed by atoms with Crippen LogP contribution in [0.1, 0.15) is 26.4 Å². The Kier molecular flexibility index (Phi) is 5.25. The number of thiophene rings is 1. The van der Waals surface area contributed by atoms with E-state index in [1.54, 1.807) is 47.8 Å². The summed E-state index contributed by atoms with van der Waals surface area (Å²) in [4.78, 5) is 30.2. The van der Waals surface area contributed by atoms with Gasteiger partial charge in [0, 0.05) is 42.5 Å². The lowest BCUT2D eigenvalue weighted by atomic mass is 10.1. The third-order valence-corrected chi connectivity index (χ3v) is 5.28. The molecule has 5 nitrogen and oxygen atoms in total. The van der Waals surface area contributed by atoms with Crippen LogP contribution >= 0.6 is 22.7 Å². The minimum atomic E-state index is -0.126. The molecule has 0 saturated heterocycles. The molecule has 3 aromatic rings. The lowest BCUT2D eigenvalue weighted by Gasteiger charge is -2.16. The predicted molar refractivity (Wildman–Crippen MR) is 101 cm³/mol. The zero-order valence-corrected chi connectivity index (χ0v) is 15.5. The van der Waals surface area contributed by atoms with E-state index in [9.17, 15) is 9.59 Å². The fraction of sp³-hybridized carbons (Fsp3) is 0.167. The van der Waals surface area contributed by atoms with Gasteiger partial charge in [0.2, 0.25) is 0 Å². The van der Waals surface area contributed by atoms with E-state index in [0.717, 1.165) is 16.1 Å². The fourth-order valence-electron chi connectivity index (χ4n) is 2.34. The summed E-state index contributed by atoms with van der Waals surface area (Å²) in [5.74, 6) is -0.243. The van der Waals surface area contributed by atoms with Crippen LogP contribution in [0, 0.1) is 0 Å². The summed E-state index contributed by atoms with van der Waals surface area (Å²) >= 11 is 3.08. The molecule has 1 aromatic carbocycles. The predicted octanol–water partition coefficient (Wildman–Crippen LogP) is 3.50. The molecular weight excluding hydrogens is 354 g/mol. The smallest absolute Gasteiger partial charge is 0.273 e. The monoisotopic (exact) mass is 371 g/mol. The molecule has 0 aliphatic carbocycles. The SMILES string of the molecule is CNC(=O)c1ccc(CN(C)C(=O)c2csc(-c3ccsc3)n2)cc1. The second-order valence-electron chi connectivity index (χ2n) is 5.49. The molecule has 0 spiro atoms. The summed E-state index contributed by atoms with van der Waals surface area (Å²) in [6.45, 7) is 0.457. The van der Waals surface area contributed by atoms with Gasteiger partial charge in [0.15, 0.2) is 0 Å². The van der Waals surface area contributed by atoms with Crippen molar-refractivity contribution in [3.05, 3.63) is 63.3 Å².